The number of rotatable bonds is 4. The van der Waals surface area contributed by atoms with Gasteiger partial charge in [0.25, 0.3) is 0 Å². The maximum absolute atomic E-state index is 15.1. The van der Waals surface area contributed by atoms with Crippen molar-refractivity contribution in [2.75, 3.05) is 56.2 Å². The van der Waals surface area contributed by atoms with E-state index in [0.29, 0.717) is 17.2 Å². The lowest BCUT2D eigenvalue weighted by molar-refractivity contribution is 0.160. The number of aromatic nitrogens is 2. The Kier molecular flexibility index (Phi) is 5.86. The number of halogens is 1. The normalized spacial score (nSPS) is 17.9. The molecule has 0 radical (unpaired) electrons. The van der Waals surface area contributed by atoms with Crippen LogP contribution in [0.25, 0.3) is 21.8 Å². The maximum Gasteiger partial charge on any atom is 0.172 e. The molecule has 2 aliphatic heterocycles. The minimum absolute atomic E-state index is 0.200. The van der Waals surface area contributed by atoms with Gasteiger partial charge >= 0.3 is 0 Å². The smallest absolute Gasteiger partial charge is 0.172 e. The third-order valence-corrected chi connectivity index (χ3v) is 7.56. The first kappa shape index (κ1) is 22.0. The van der Waals surface area contributed by atoms with Gasteiger partial charge < -0.3 is 14.5 Å². The number of benzene rings is 2. The Morgan fingerprint density at radius 1 is 0.771 bits per heavy atom. The van der Waals surface area contributed by atoms with Crippen molar-refractivity contribution in [3.8, 4) is 5.75 Å². The number of nitrogens with zero attached hydrogens (tertiary/aromatic N) is 5. The lowest BCUT2D eigenvalue weighted by atomic mass is 10.0. The Labute approximate surface area is 204 Å². The zero-order valence-corrected chi connectivity index (χ0v) is 20.0. The molecule has 4 aromatic rings. The van der Waals surface area contributed by atoms with Crippen molar-refractivity contribution < 1.29 is 9.13 Å². The van der Waals surface area contributed by atoms with Crippen LogP contribution >= 0.6 is 0 Å². The van der Waals surface area contributed by atoms with E-state index in [1.54, 1.807) is 13.3 Å². The van der Waals surface area contributed by atoms with Crippen LogP contribution in [-0.4, -0.2) is 67.3 Å². The van der Waals surface area contributed by atoms with Crippen LogP contribution in [0.3, 0.4) is 0 Å². The largest absolute Gasteiger partial charge is 0.497 e. The first-order chi connectivity index (χ1) is 17.2. The first-order valence-electron chi connectivity index (χ1n) is 12.4. The highest BCUT2D eigenvalue weighted by atomic mass is 19.1. The number of pyridine rings is 2. The van der Waals surface area contributed by atoms with Crippen LogP contribution in [0.2, 0.25) is 0 Å². The number of anilines is 2. The van der Waals surface area contributed by atoms with E-state index in [2.05, 4.69) is 36.8 Å². The van der Waals surface area contributed by atoms with Crippen molar-refractivity contribution in [2.24, 2.45) is 0 Å². The van der Waals surface area contributed by atoms with Crippen molar-refractivity contribution in [3.05, 3.63) is 66.7 Å². The highest BCUT2D eigenvalue weighted by Gasteiger charge is 2.29. The van der Waals surface area contributed by atoms with Gasteiger partial charge in [-0.05, 0) is 37.1 Å². The second kappa shape index (κ2) is 9.30. The number of methoxy groups -OCH3 is 1. The molecule has 0 unspecified atom stereocenters. The molecule has 6 nitrogen and oxygen atoms in total. The lowest BCUT2D eigenvalue weighted by Crippen LogP contribution is -2.53. The van der Waals surface area contributed by atoms with E-state index in [4.69, 9.17) is 4.74 Å². The van der Waals surface area contributed by atoms with Crippen LogP contribution in [0.5, 0.6) is 5.75 Å². The minimum atomic E-state index is -0.200. The summed E-state index contributed by atoms with van der Waals surface area (Å²) in [6, 6.07) is 16.4. The van der Waals surface area contributed by atoms with Crippen LogP contribution in [-0.2, 0) is 0 Å². The van der Waals surface area contributed by atoms with Gasteiger partial charge in [-0.25, -0.2) is 4.39 Å². The summed E-state index contributed by atoms with van der Waals surface area (Å²) < 4.78 is 20.7. The van der Waals surface area contributed by atoms with E-state index in [9.17, 15) is 0 Å². The average Bonchev–Trinajstić information content (AvgIpc) is 2.93. The number of piperidine rings is 1. The standard InChI is InChI=1S/C28H30FN5O/c1-35-23-18-21-5-3-10-30-27(21)25(19-23)34-16-14-32(15-17-34)22-8-12-33(13-9-22)24-7-6-20-4-2-11-31-28(20)26(24)29/h2-7,10-11,18-19,22H,8-9,12-17H2,1H3. The molecule has 2 fully saturated rings. The lowest BCUT2D eigenvalue weighted by Gasteiger charge is -2.44. The molecular formula is C28H30FN5O. The summed E-state index contributed by atoms with van der Waals surface area (Å²) >= 11 is 0. The zero-order chi connectivity index (χ0) is 23.8. The van der Waals surface area contributed by atoms with Crippen LogP contribution in [0.15, 0.2) is 60.9 Å². The summed E-state index contributed by atoms with van der Waals surface area (Å²) in [5.41, 5.74) is 3.32. The van der Waals surface area contributed by atoms with Crippen LogP contribution < -0.4 is 14.5 Å². The van der Waals surface area contributed by atoms with E-state index < -0.39 is 0 Å². The van der Waals surface area contributed by atoms with E-state index in [0.717, 1.165) is 79.8 Å². The second-order valence-corrected chi connectivity index (χ2v) is 9.44. The summed E-state index contributed by atoms with van der Waals surface area (Å²) in [4.78, 5) is 16.1. The van der Waals surface area contributed by atoms with E-state index in [1.165, 1.54) is 0 Å². The molecule has 2 aromatic heterocycles. The molecule has 7 heteroatoms. The number of fused-ring (bicyclic) bond motifs is 2. The van der Waals surface area contributed by atoms with Crippen LogP contribution in [0.1, 0.15) is 12.8 Å². The molecular weight excluding hydrogens is 441 g/mol. The fourth-order valence-electron chi connectivity index (χ4n) is 5.65. The van der Waals surface area contributed by atoms with Gasteiger partial charge in [-0.2, -0.15) is 0 Å². The Morgan fingerprint density at radius 2 is 1.46 bits per heavy atom. The van der Waals surface area contributed by atoms with Gasteiger partial charge in [0.15, 0.2) is 5.82 Å². The number of hydrogen-bond donors (Lipinski definition) is 0. The van der Waals surface area contributed by atoms with Gasteiger partial charge in [0.05, 0.1) is 24.0 Å². The van der Waals surface area contributed by atoms with Gasteiger partial charge in [-0.1, -0.05) is 18.2 Å². The number of ether oxygens (including phenoxy) is 1. The minimum Gasteiger partial charge on any atom is -0.497 e. The molecule has 0 spiro atoms. The highest BCUT2D eigenvalue weighted by Crippen LogP contribution is 2.33. The molecule has 6 rings (SSSR count). The molecule has 0 saturated carbocycles. The summed E-state index contributed by atoms with van der Waals surface area (Å²) in [6.45, 7) is 5.69. The van der Waals surface area contributed by atoms with Crippen molar-refractivity contribution in [2.45, 2.75) is 18.9 Å². The Hall–Kier alpha value is -3.45. The van der Waals surface area contributed by atoms with Crippen molar-refractivity contribution in [3.63, 3.8) is 0 Å². The number of piperazine rings is 1. The van der Waals surface area contributed by atoms with Gasteiger partial charge in [-0.15, -0.1) is 0 Å². The summed E-state index contributed by atoms with van der Waals surface area (Å²) in [7, 11) is 1.71. The SMILES string of the molecule is COc1cc(N2CCN(C3CCN(c4ccc5cccnc5c4F)CC3)CC2)c2ncccc2c1. The van der Waals surface area contributed by atoms with Gasteiger partial charge in [0.1, 0.15) is 11.3 Å². The fourth-order valence-corrected chi connectivity index (χ4v) is 5.65. The molecule has 180 valence electrons. The Morgan fingerprint density at radius 3 is 2.20 bits per heavy atom. The van der Waals surface area contributed by atoms with E-state index in [1.807, 2.05) is 42.6 Å². The van der Waals surface area contributed by atoms with Gasteiger partial charge in [0.2, 0.25) is 0 Å². The topological polar surface area (TPSA) is 44.7 Å². The summed E-state index contributed by atoms with van der Waals surface area (Å²) in [5, 5.41) is 1.95. The molecule has 0 atom stereocenters. The average molecular weight is 472 g/mol. The molecule has 0 bridgehead atoms. The summed E-state index contributed by atoms with van der Waals surface area (Å²) in [5.74, 6) is 0.667. The Balaban J connectivity index is 1.11. The Bertz CT molecular complexity index is 1350. The molecule has 2 aliphatic rings. The third-order valence-electron chi connectivity index (χ3n) is 7.56. The predicted molar refractivity (Wildman–Crippen MR) is 139 cm³/mol. The maximum atomic E-state index is 15.1. The predicted octanol–water partition coefficient (Wildman–Crippen LogP) is 4.72. The first-order valence-corrected chi connectivity index (χ1v) is 12.4. The van der Waals surface area contributed by atoms with Gasteiger partial charge in [0, 0.05) is 74.5 Å². The molecule has 2 saturated heterocycles. The molecule has 2 aromatic carbocycles. The van der Waals surface area contributed by atoms with E-state index in [-0.39, 0.29) is 5.82 Å². The van der Waals surface area contributed by atoms with Crippen LogP contribution in [0.4, 0.5) is 15.8 Å². The third kappa shape index (κ3) is 4.14. The molecule has 4 heterocycles. The monoisotopic (exact) mass is 471 g/mol. The molecule has 35 heavy (non-hydrogen) atoms. The zero-order valence-electron chi connectivity index (χ0n) is 20.0. The van der Waals surface area contributed by atoms with E-state index >= 15 is 4.39 Å². The highest BCUT2D eigenvalue weighted by molar-refractivity contribution is 5.92. The molecule has 0 amide bonds. The number of hydrogen-bond acceptors (Lipinski definition) is 6. The summed E-state index contributed by atoms with van der Waals surface area (Å²) in [6.07, 6.45) is 5.61. The van der Waals surface area contributed by atoms with Crippen molar-refractivity contribution in [1.29, 1.82) is 0 Å². The van der Waals surface area contributed by atoms with Crippen molar-refractivity contribution >= 4 is 33.2 Å². The van der Waals surface area contributed by atoms with Crippen molar-refractivity contribution in [1.82, 2.24) is 14.9 Å². The second-order valence-electron chi connectivity index (χ2n) is 9.44. The fraction of sp³-hybridized carbons (Fsp3) is 0.357. The van der Waals surface area contributed by atoms with Gasteiger partial charge in [-0.3, -0.25) is 14.9 Å². The molecule has 0 aliphatic carbocycles. The van der Waals surface area contributed by atoms with Crippen LogP contribution in [0, 0.1) is 5.82 Å². The molecule has 0 N–H and O–H groups in total. The quantitative estimate of drug-likeness (QED) is 0.429.